The summed E-state index contributed by atoms with van der Waals surface area (Å²) < 4.78 is 5.44. The number of morpholine rings is 1. The van der Waals surface area contributed by atoms with Crippen LogP contribution in [-0.2, 0) is 11.2 Å². The van der Waals surface area contributed by atoms with E-state index in [1.54, 1.807) is 6.20 Å². The molecular weight excluding hydrogens is 342 g/mol. The van der Waals surface area contributed by atoms with Crippen molar-refractivity contribution in [3.05, 3.63) is 29.7 Å². The Labute approximate surface area is 159 Å². The summed E-state index contributed by atoms with van der Waals surface area (Å²) in [6, 6.07) is 1.94. The zero-order valence-electron chi connectivity index (χ0n) is 16.2. The number of nitrogens with zero attached hydrogens (tertiary/aromatic N) is 5. The molecule has 2 aromatic heterocycles. The highest BCUT2D eigenvalue weighted by atomic mass is 16.5. The van der Waals surface area contributed by atoms with Gasteiger partial charge in [0, 0.05) is 38.1 Å². The number of rotatable bonds is 4. The third-order valence-corrected chi connectivity index (χ3v) is 5.17. The third kappa shape index (κ3) is 3.95. The van der Waals surface area contributed by atoms with Gasteiger partial charge in [0.05, 0.1) is 24.9 Å². The molecule has 2 aliphatic rings. The van der Waals surface area contributed by atoms with Crippen molar-refractivity contribution in [2.45, 2.75) is 32.7 Å². The summed E-state index contributed by atoms with van der Waals surface area (Å²) in [5.41, 5.74) is 2.40. The molecule has 8 heteroatoms. The Balaban J connectivity index is 1.62. The van der Waals surface area contributed by atoms with E-state index in [0.29, 0.717) is 5.95 Å². The Morgan fingerprint density at radius 2 is 2.00 bits per heavy atom. The first-order chi connectivity index (χ1) is 13.0. The second-order valence-electron chi connectivity index (χ2n) is 7.93. The maximum atomic E-state index is 5.44. The number of hydrogen-bond acceptors (Lipinski definition) is 8. The van der Waals surface area contributed by atoms with Gasteiger partial charge in [-0.25, -0.2) is 15.0 Å². The van der Waals surface area contributed by atoms with Crippen molar-refractivity contribution in [2.24, 2.45) is 5.41 Å². The molecule has 1 aliphatic carbocycles. The molecule has 0 aromatic carbocycles. The first kappa shape index (κ1) is 17.9. The van der Waals surface area contributed by atoms with Crippen LogP contribution < -0.4 is 15.5 Å². The zero-order valence-corrected chi connectivity index (χ0v) is 16.2. The fraction of sp³-hybridized carbons (Fsp3) is 0.579. The summed E-state index contributed by atoms with van der Waals surface area (Å²) in [6.07, 6.45) is 5.65. The number of anilines is 3. The Kier molecular flexibility index (Phi) is 4.82. The lowest BCUT2D eigenvalue weighted by molar-refractivity contribution is 0.122. The van der Waals surface area contributed by atoms with E-state index in [4.69, 9.17) is 9.72 Å². The van der Waals surface area contributed by atoms with E-state index in [1.165, 1.54) is 0 Å². The maximum absolute atomic E-state index is 5.44. The molecule has 0 radical (unpaired) electrons. The van der Waals surface area contributed by atoms with E-state index in [1.807, 2.05) is 19.3 Å². The van der Waals surface area contributed by atoms with Gasteiger partial charge in [0.2, 0.25) is 11.9 Å². The van der Waals surface area contributed by atoms with E-state index < -0.39 is 0 Å². The minimum atomic E-state index is 0.0922. The standard InChI is InChI=1S/C19H27N7O/c1-19(2)10-14(23-17-21-5-4-16(20-3)25-17)13-12-22-18(24-15(13)11-19)26-6-8-27-9-7-26/h4-5,12,14H,6-11H2,1-3H3,(H2,20,21,23,25). The molecule has 1 fully saturated rings. The van der Waals surface area contributed by atoms with Gasteiger partial charge in [-0.05, 0) is 24.3 Å². The summed E-state index contributed by atoms with van der Waals surface area (Å²) in [4.78, 5) is 20.6. The molecule has 1 saturated heterocycles. The van der Waals surface area contributed by atoms with Gasteiger partial charge in [-0.15, -0.1) is 0 Å². The average molecular weight is 369 g/mol. The highest BCUT2D eigenvalue weighted by Crippen LogP contribution is 2.41. The van der Waals surface area contributed by atoms with E-state index in [9.17, 15) is 0 Å². The SMILES string of the molecule is CNc1ccnc(NC2CC(C)(C)Cc3nc(N4CCOCC4)ncc32)n1. The number of nitrogens with one attached hydrogen (secondary N) is 2. The van der Waals surface area contributed by atoms with Crippen LogP contribution in [0.1, 0.15) is 37.6 Å². The fourth-order valence-electron chi connectivity index (χ4n) is 3.80. The van der Waals surface area contributed by atoms with Crippen molar-refractivity contribution < 1.29 is 4.74 Å². The summed E-state index contributed by atoms with van der Waals surface area (Å²) in [7, 11) is 1.85. The molecule has 4 rings (SSSR count). The average Bonchev–Trinajstić information content (AvgIpc) is 2.67. The zero-order chi connectivity index (χ0) is 18.9. The van der Waals surface area contributed by atoms with Gasteiger partial charge in [0.1, 0.15) is 5.82 Å². The Hall–Kier alpha value is -2.48. The van der Waals surface area contributed by atoms with Crippen molar-refractivity contribution >= 4 is 17.7 Å². The van der Waals surface area contributed by atoms with Gasteiger partial charge >= 0.3 is 0 Å². The van der Waals surface area contributed by atoms with Crippen LogP contribution in [0.25, 0.3) is 0 Å². The highest BCUT2D eigenvalue weighted by molar-refractivity contribution is 5.43. The van der Waals surface area contributed by atoms with Crippen molar-refractivity contribution in [3.63, 3.8) is 0 Å². The minimum Gasteiger partial charge on any atom is -0.378 e. The summed E-state index contributed by atoms with van der Waals surface area (Å²) in [5, 5.41) is 6.54. The van der Waals surface area contributed by atoms with Crippen LogP contribution in [0.15, 0.2) is 18.5 Å². The van der Waals surface area contributed by atoms with E-state index in [0.717, 1.165) is 62.2 Å². The number of ether oxygens (including phenoxy) is 1. The molecule has 0 amide bonds. The fourth-order valence-corrected chi connectivity index (χ4v) is 3.80. The highest BCUT2D eigenvalue weighted by Gasteiger charge is 2.34. The normalized spacial score (nSPS) is 21.4. The molecular formula is C19H27N7O. The van der Waals surface area contributed by atoms with Gasteiger partial charge < -0.3 is 20.3 Å². The van der Waals surface area contributed by atoms with Crippen molar-refractivity contribution in [1.29, 1.82) is 0 Å². The number of aromatic nitrogens is 4. The van der Waals surface area contributed by atoms with Crippen LogP contribution in [0, 0.1) is 5.41 Å². The number of fused-ring (bicyclic) bond motifs is 1. The maximum Gasteiger partial charge on any atom is 0.225 e. The smallest absolute Gasteiger partial charge is 0.225 e. The first-order valence-electron chi connectivity index (χ1n) is 9.50. The molecule has 3 heterocycles. The quantitative estimate of drug-likeness (QED) is 0.849. The lowest BCUT2D eigenvalue weighted by Gasteiger charge is -2.37. The predicted octanol–water partition coefficient (Wildman–Crippen LogP) is 2.27. The lowest BCUT2D eigenvalue weighted by Crippen LogP contribution is -2.38. The lowest BCUT2D eigenvalue weighted by atomic mass is 9.74. The molecule has 0 bridgehead atoms. The van der Waals surface area contributed by atoms with Gasteiger partial charge in [-0.2, -0.15) is 4.98 Å². The molecule has 1 unspecified atom stereocenters. The summed E-state index contributed by atoms with van der Waals surface area (Å²) in [6.45, 7) is 7.71. The molecule has 0 saturated carbocycles. The second-order valence-corrected chi connectivity index (χ2v) is 7.93. The molecule has 1 aliphatic heterocycles. The Bertz CT molecular complexity index is 804. The Morgan fingerprint density at radius 1 is 1.19 bits per heavy atom. The van der Waals surface area contributed by atoms with E-state index in [2.05, 4.69) is 44.3 Å². The van der Waals surface area contributed by atoms with Crippen molar-refractivity contribution in [2.75, 3.05) is 48.9 Å². The Morgan fingerprint density at radius 3 is 2.78 bits per heavy atom. The molecule has 27 heavy (non-hydrogen) atoms. The van der Waals surface area contributed by atoms with Crippen molar-refractivity contribution in [1.82, 2.24) is 19.9 Å². The second kappa shape index (κ2) is 7.26. The van der Waals surface area contributed by atoms with E-state index in [-0.39, 0.29) is 11.5 Å². The molecule has 8 nitrogen and oxygen atoms in total. The first-order valence-corrected chi connectivity index (χ1v) is 9.50. The molecule has 2 aromatic rings. The largest absolute Gasteiger partial charge is 0.378 e. The van der Waals surface area contributed by atoms with Crippen LogP contribution >= 0.6 is 0 Å². The van der Waals surface area contributed by atoms with Gasteiger partial charge in [0.25, 0.3) is 0 Å². The van der Waals surface area contributed by atoms with Gasteiger partial charge in [0.15, 0.2) is 0 Å². The minimum absolute atomic E-state index is 0.0922. The van der Waals surface area contributed by atoms with Crippen LogP contribution in [0.5, 0.6) is 0 Å². The third-order valence-electron chi connectivity index (χ3n) is 5.17. The summed E-state index contributed by atoms with van der Waals surface area (Å²) in [5.74, 6) is 2.22. The van der Waals surface area contributed by atoms with Crippen LogP contribution in [0.2, 0.25) is 0 Å². The van der Waals surface area contributed by atoms with Crippen LogP contribution in [-0.4, -0.2) is 53.3 Å². The van der Waals surface area contributed by atoms with Crippen LogP contribution in [0.4, 0.5) is 17.7 Å². The van der Waals surface area contributed by atoms with Gasteiger partial charge in [-0.1, -0.05) is 13.8 Å². The van der Waals surface area contributed by atoms with Crippen LogP contribution in [0.3, 0.4) is 0 Å². The summed E-state index contributed by atoms with van der Waals surface area (Å²) >= 11 is 0. The van der Waals surface area contributed by atoms with Gasteiger partial charge in [-0.3, -0.25) is 0 Å². The molecule has 144 valence electrons. The molecule has 2 N–H and O–H groups in total. The molecule has 1 atom stereocenters. The monoisotopic (exact) mass is 369 g/mol. The molecule has 0 spiro atoms. The van der Waals surface area contributed by atoms with Crippen molar-refractivity contribution in [3.8, 4) is 0 Å². The number of hydrogen-bond donors (Lipinski definition) is 2. The van der Waals surface area contributed by atoms with E-state index >= 15 is 0 Å². The predicted molar refractivity (Wildman–Crippen MR) is 105 cm³/mol. The topological polar surface area (TPSA) is 88.1 Å².